The van der Waals surface area contributed by atoms with Gasteiger partial charge in [-0.2, -0.15) is 0 Å². The van der Waals surface area contributed by atoms with E-state index in [1.165, 1.54) is 6.07 Å². The summed E-state index contributed by atoms with van der Waals surface area (Å²) in [5.74, 6) is -2.28. The van der Waals surface area contributed by atoms with Gasteiger partial charge in [0.1, 0.15) is 11.9 Å². The van der Waals surface area contributed by atoms with Gasteiger partial charge in [-0.25, -0.2) is 13.8 Å². The Morgan fingerprint density at radius 1 is 1.15 bits per heavy atom. The van der Waals surface area contributed by atoms with Crippen molar-refractivity contribution in [1.29, 1.82) is 0 Å². The van der Waals surface area contributed by atoms with Crippen molar-refractivity contribution in [2.45, 2.75) is 72.8 Å². The first-order valence-electron chi connectivity index (χ1n) is 11.2. The minimum Gasteiger partial charge on any atom is -0.352 e. The predicted molar refractivity (Wildman–Crippen MR) is 122 cm³/mol. The highest BCUT2D eigenvalue weighted by molar-refractivity contribution is 5.98. The van der Waals surface area contributed by atoms with Gasteiger partial charge in [0.25, 0.3) is 5.91 Å². The smallest absolute Gasteiger partial charge is 0.272 e. The summed E-state index contributed by atoms with van der Waals surface area (Å²) < 4.78 is 29.3. The van der Waals surface area contributed by atoms with Gasteiger partial charge in [-0.3, -0.25) is 14.5 Å². The second kappa shape index (κ2) is 9.21. The predicted octanol–water partition coefficient (Wildman–Crippen LogP) is 3.33. The minimum atomic E-state index is -0.977. The van der Waals surface area contributed by atoms with Gasteiger partial charge in [-0.15, -0.1) is 0 Å². The lowest BCUT2D eigenvalue weighted by Crippen LogP contribution is -2.55. The quantitative estimate of drug-likeness (QED) is 0.716. The lowest BCUT2D eigenvalue weighted by atomic mass is 9.86. The summed E-state index contributed by atoms with van der Waals surface area (Å²) in [6.07, 6.45) is 0. The van der Waals surface area contributed by atoms with Crippen LogP contribution in [-0.2, 0) is 17.9 Å². The molecule has 0 bridgehead atoms. The average Bonchev–Trinajstić information content (AvgIpc) is 3.05. The van der Waals surface area contributed by atoms with Gasteiger partial charge < -0.3 is 15.2 Å². The molecule has 2 atom stereocenters. The van der Waals surface area contributed by atoms with E-state index in [0.717, 1.165) is 12.1 Å². The number of nitrogens with zero attached hydrogens (tertiary/aromatic N) is 3. The summed E-state index contributed by atoms with van der Waals surface area (Å²) in [6.45, 7) is 12.4. The third-order valence-corrected chi connectivity index (χ3v) is 5.90. The SMILES string of the molecule is CC(C)NC(=O)[C@@H](NC(=O)c1nc(-c2ccc(F)c(F)c2)n2c1CN(C)C(C)C2)C(C)(C)C. The van der Waals surface area contributed by atoms with Crippen molar-refractivity contribution in [3.8, 4) is 11.4 Å². The topological polar surface area (TPSA) is 79.3 Å². The van der Waals surface area contributed by atoms with Crippen molar-refractivity contribution in [1.82, 2.24) is 25.1 Å². The second-order valence-electron chi connectivity index (χ2n) is 10.2. The van der Waals surface area contributed by atoms with Crippen molar-refractivity contribution in [3.05, 3.63) is 41.2 Å². The normalized spacial score (nSPS) is 17.6. The molecule has 0 fully saturated rings. The molecular weight excluding hydrogens is 428 g/mol. The minimum absolute atomic E-state index is 0.0743. The first-order valence-corrected chi connectivity index (χ1v) is 11.2. The largest absolute Gasteiger partial charge is 0.352 e. The van der Waals surface area contributed by atoms with Crippen LogP contribution in [0.2, 0.25) is 0 Å². The van der Waals surface area contributed by atoms with Gasteiger partial charge in [0.2, 0.25) is 5.91 Å². The lowest BCUT2D eigenvalue weighted by Gasteiger charge is -2.33. The van der Waals surface area contributed by atoms with Crippen molar-refractivity contribution >= 4 is 11.8 Å². The van der Waals surface area contributed by atoms with Crippen LogP contribution < -0.4 is 10.6 Å². The fourth-order valence-corrected chi connectivity index (χ4v) is 3.92. The van der Waals surface area contributed by atoms with Crippen LogP contribution in [0.3, 0.4) is 0 Å². The lowest BCUT2D eigenvalue weighted by molar-refractivity contribution is -0.125. The molecule has 0 saturated carbocycles. The molecule has 0 saturated heterocycles. The highest BCUT2D eigenvalue weighted by atomic mass is 19.2. The number of imidazole rings is 1. The van der Waals surface area contributed by atoms with E-state index in [1.807, 2.05) is 53.2 Å². The summed E-state index contributed by atoms with van der Waals surface area (Å²) in [5.41, 5.74) is 0.698. The van der Waals surface area contributed by atoms with Gasteiger partial charge >= 0.3 is 0 Å². The van der Waals surface area contributed by atoms with E-state index >= 15 is 0 Å². The Bertz CT molecular complexity index is 1060. The number of aromatic nitrogens is 2. The highest BCUT2D eigenvalue weighted by Gasteiger charge is 2.36. The molecule has 7 nitrogen and oxygen atoms in total. The van der Waals surface area contributed by atoms with E-state index in [4.69, 9.17) is 0 Å². The third kappa shape index (κ3) is 5.24. The number of benzene rings is 1. The summed E-state index contributed by atoms with van der Waals surface area (Å²) >= 11 is 0. The number of carbonyl (C=O) groups excluding carboxylic acids is 2. The van der Waals surface area contributed by atoms with Crippen LogP contribution >= 0.6 is 0 Å². The number of halogens is 2. The summed E-state index contributed by atoms with van der Waals surface area (Å²) in [7, 11) is 1.95. The molecule has 1 aromatic heterocycles. The Balaban J connectivity index is 2.04. The maximum Gasteiger partial charge on any atom is 0.272 e. The molecule has 180 valence electrons. The molecule has 2 aromatic rings. The van der Waals surface area contributed by atoms with Crippen molar-refractivity contribution in [2.75, 3.05) is 7.05 Å². The number of rotatable bonds is 5. The molecule has 2 N–H and O–H groups in total. The van der Waals surface area contributed by atoms with Gasteiger partial charge in [0.05, 0.1) is 5.69 Å². The zero-order chi connectivity index (χ0) is 24.7. The van der Waals surface area contributed by atoms with E-state index in [1.54, 1.807) is 0 Å². The van der Waals surface area contributed by atoms with E-state index in [9.17, 15) is 18.4 Å². The Hall–Kier alpha value is -2.81. The Kier molecular flexibility index (Phi) is 6.93. The molecule has 0 aliphatic carbocycles. The first-order chi connectivity index (χ1) is 15.3. The highest BCUT2D eigenvalue weighted by Crippen LogP contribution is 2.29. The van der Waals surface area contributed by atoms with Crippen LogP contribution in [0, 0.1) is 17.0 Å². The summed E-state index contributed by atoms with van der Waals surface area (Å²) in [5, 5.41) is 5.72. The van der Waals surface area contributed by atoms with Gasteiger partial charge in [0, 0.05) is 30.7 Å². The number of fused-ring (bicyclic) bond motifs is 1. The molecule has 0 spiro atoms. The fourth-order valence-electron chi connectivity index (χ4n) is 3.92. The molecule has 1 aromatic carbocycles. The van der Waals surface area contributed by atoms with Crippen molar-refractivity contribution in [2.24, 2.45) is 5.41 Å². The summed E-state index contributed by atoms with van der Waals surface area (Å²) in [4.78, 5) is 32.9. The van der Waals surface area contributed by atoms with Crippen molar-refractivity contribution < 1.29 is 18.4 Å². The fraction of sp³-hybridized carbons (Fsp3) is 0.542. The molecule has 0 radical (unpaired) electrons. The van der Waals surface area contributed by atoms with Crippen LogP contribution in [0.15, 0.2) is 18.2 Å². The Morgan fingerprint density at radius 3 is 2.39 bits per heavy atom. The number of hydrogen-bond acceptors (Lipinski definition) is 4. The average molecular weight is 462 g/mol. The Labute approximate surface area is 193 Å². The van der Waals surface area contributed by atoms with Gasteiger partial charge in [-0.05, 0) is 51.4 Å². The molecular formula is C24H33F2N5O2. The number of amides is 2. The zero-order valence-electron chi connectivity index (χ0n) is 20.3. The Morgan fingerprint density at radius 2 is 1.82 bits per heavy atom. The molecule has 2 amide bonds. The van der Waals surface area contributed by atoms with E-state index in [0.29, 0.717) is 30.2 Å². The van der Waals surface area contributed by atoms with E-state index < -0.39 is 29.0 Å². The van der Waals surface area contributed by atoms with E-state index in [2.05, 4.69) is 20.5 Å². The maximum atomic E-state index is 14.0. The van der Waals surface area contributed by atoms with Crippen LogP contribution in [0.25, 0.3) is 11.4 Å². The monoisotopic (exact) mass is 461 g/mol. The van der Waals surface area contributed by atoms with Crippen LogP contribution in [0.5, 0.6) is 0 Å². The third-order valence-electron chi connectivity index (χ3n) is 5.90. The molecule has 9 heteroatoms. The molecule has 1 aliphatic heterocycles. The van der Waals surface area contributed by atoms with Gasteiger partial charge in [-0.1, -0.05) is 20.8 Å². The number of nitrogens with one attached hydrogen (secondary N) is 2. The van der Waals surface area contributed by atoms with Crippen LogP contribution in [0.4, 0.5) is 8.78 Å². The molecule has 2 heterocycles. The number of carbonyl (C=O) groups is 2. The standard InChI is InChI=1S/C24H33F2N5O2/c1-13(2)27-23(33)20(24(4,5)6)29-22(32)19-18-12-30(7)14(3)11-31(18)21(28-19)15-8-9-16(25)17(26)10-15/h8-10,13-14,20H,11-12H2,1-7H3,(H,27,33)(H,29,32)/t14?,20-/m1/s1. The van der Waals surface area contributed by atoms with Crippen LogP contribution in [0.1, 0.15) is 57.7 Å². The van der Waals surface area contributed by atoms with Crippen molar-refractivity contribution in [3.63, 3.8) is 0 Å². The molecule has 33 heavy (non-hydrogen) atoms. The van der Waals surface area contributed by atoms with E-state index in [-0.39, 0.29) is 23.7 Å². The summed E-state index contributed by atoms with van der Waals surface area (Å²) in [6, 6.07) is 2.89. The van der Waals surface area contributed by atoms with Gasteiger partial charge in [0.15, 0.2) is 17.3 Å². The number of hydrogen-bond donors (Lipinski definition) is 2. The first kappa shape index (κ1) is 24.8. The second-order valence-corrected chi connectivity index (χ2v) is 10.2. The molecule has 1 unspecified atom stereocenters. The molecule has 1 aliphatic rings. The zero-order valence-corrected chi connectivity index (χ0v) is 20.3. The molecule has 3 rings (SSSR count). The maximum absolute atomic E-state index is 14.0. The van der Waals surface area contributed by atoms with Crippen LogP contribution in [-0.4, -0.2) is 51.4 Å². The number of likely N-dealkylation sites (N-methyl/N-ethyl adjacent to an activating group) is 1.